The summed E-state index contributed by atoms with van der Waals surface area (Å²) >= 11 is 0. The third-order valence-corrected chi connectivity index (χ3v) is 3.87. The maximum Gasteiger partial charge on any atom is 0.254 e. The van der Waals surface area contributed by atoms with Crippen molar-refractivity contribution in [3.8, 4) is 0 Å². The Morgan fingerprint density at radius 3 is 2.57 bits per heavy atom. The molecule has 5 nitrogen and oxygen atoms in total. The van der Waals surface area contributed by atoms with Crippen molar-refractivity contribution in [3.63, 3.8) is 0 Å². The van der Waals surface area contributed by atoms with Gasteiger partial charge in [-0.1, -0.05) is 13.0 Å². The van der Waals surface area contributed by atoms with Gasteiger partial charge in [0.1, 0.15) is 0 Å². The minimum absolute atomic E-state index is 0.00755. The molecule has 0 radical (unpaired) electrons. The summed E-state index contributed by atoms with van der Waals surface area (Å²) in [7, 11) is 0. The van der Waals surface area contributed by atoms with Crippen LogP contribution in [-0.2, 0) is 0 Å². The lowest BCUT2D eigenvalue weighted by Crippen LogP contribution is -2.46. The van der Waals surface area contributed by atoms with Crippen LogP contribution in [0, 0.1) is 0 Å². The molecule has 0 spiro atoms. The van der Waals surface area contributed by atoms with Crippen LogP contribution in [0.3, 0.4) is 0 Å². The Bertz CT molecular complexity index is 510. The molecular weight excluding hydrogens is 266 g/mol. The fourth-order valence-electron chi connectivity index (χ4n) is 2.78. The van der Waals surface area contributed by atoms with E-state index < -0.39 is 5.91 Å². The summed E-state index contributed by atoms with van der Waals surface area (Å²) in [6.07, 6.45) is 2.87. The molecule has 0 bridgehead atoms. The van der Waals surface area contributed by atoms with Gasteiger partial charge in [0.2, 0.25) is 5.91 Å². The molecule has 5 heteroatoms. The quantitative estimate of drug-likeness (QED) is 0.860. The minimum Gasteiger partial charge on any atom is -0.366 e. The number of piperidine rings is 1. The number of nitrogens with one attached hydrogen (secondary N) is 1. The van der Waals surface area contributed by atoms with E-state index in [2.05, 4.69) is 12.2 Å². The number of nitrogens with two attached hydrogens (primary N) is 1. The van der Waals surface area contributed by atoms with Crippen LogP contribution in [0.25, 0.3) is 0 Å². The largest absolute Gasteiger partial charge is 0.366 e. The zero-order chi connectivity index (χ0) is 15.2. The second-order valence-corrected chi connectivity index (χ2v) is 5.42. The Labute approximate surface area is 125 Å². The second kappa shape index (κ2) is 7.22. The number of hydrogen-bond donors (Lipinski definition) is 2. The van der Waals surface area contributed by atoms with Crippen LogP contribution in [0.2, 0.25) is 0 Å². The lowest BCUT2D eigenvalue weighted by Gasteiger charge is -2.34. The fraction of sp³-hybridized carbons (Fsp3) is 0.500. The molecule has 1 aromatic carbocycles. The van der Waals surface area contributed by atoms with Gasteiger partial charge < -0.3 is 16.0 Å². The van der Waals surface area contributed by atoms with E-state index in [1.165, 1.54) is 0 Å². The lowest BCUT2D eigenvalue weighted by molar-refractivity contribution is 0.0642. The summed E-state index contributed by atoms with van der Waals surface area (Å²) in [5, 5.41) is 3.32. The van der Waals surface area contributed by atoms with E-state index in [9.17, 15) is 9.59 Å². The van der Waals surface area contributed by atoms with Crippen LogP contribution in [0.15, 0.2) is 24.3 Å². The standard InChI is InChI=1S/C16H23N3O2/c1-2-10-19(14-6-8-18-9-7-14)16(21)13-5-3-4-12(11-13)15(17)20/h3-5,11,14,18H,2,6-10H2,1H3,(H2,17,20). The average molecular weight is 289 g/mol. The number of carbonyl (C=O) groups is 2. The number of primary amides is 1. The van der Waals surface area contributed by atoms with Crippen LogP contribution in [0.4, 0.5) is 0 Å². The Morgan fingerprint density at radius 1 is 1.29 bits per heavy atom. The van der Waals surface area contributed by atoms with E-state index in [1.54, 1.807) is 24.3 Å². The van der Waals surface area contributed by atoms with Crippen molar-refractivity contribution < 1.29 is 9.59 Å². The zero-order valence-electron chi connectivity index (χ0n) is 12.5. The van der Waals surface area contributed by atoms with Crippen molar-refractivity contribution in [2.75, 3.05) is 19.6 Å². The number of hydrogen-bond acceptors (Lipinski definition) is 3. The topological polar surface area (TPSA) is 75.4 Å². The highest BCUT2D eigenvalue weighted by Gasteiger charge is 2.25. The molecule has 0 unspecified atom stereocenters. The van der Waals surface area contributed by atoms with Crippen molar-refractivity contribution in [2.45, 2.75) is 32.2 Å². The number of benzene rings is 1. The van der Waals surface area contributed by atoms with Crippen molar-refractivity contribution in [1.82, 2.24) is 10.2 Å². The van der Waals surface area contributed by atoms with Crippen LogP contribution < -0.4 is 11.1 Å². The first-order chi connectivity index (χ1) is 10.1. The smallest absolute Gasteiger partial charge is 0.254 e. The molecule has 1 fully saturated rings. The van der Waals surface area contributed by atoms with Gasteiger partial charge in [-0.05, 0) is 50.6 Å². The predicted molar refractivity (Wildman–Crippen MR) is 82.2 cm³/mol. The number of nitrogens with zero attached hydrogens (tertiary/aromatic N) is 1. The molecule has 114 valence electrons. The molecule has 0 atom stereocenters. The molecule has 0 aliphatic carbocycles. The van der Waals surface area contributed by atoms with E-state index >= 15 is 0 Å². The van der Waals surface area contributed by atoms with Crippen molar-refractivity contribution in [1.29, 1.82) is 0 Å². The second-order valence-electron chi connectivity index (χ2n) is 5.42. The Kier molecular flexibility index (Phi) is 5.33. The monoisotopic (exact) mass is 289 g/mol. The first kappa shape index (κ1) is 15.5. The maximum atomic E-state index is 12.8. The third kappa shape index (κ3) is 3.82. The van der Waals surface area contributed by atoms with Crippen LogP contribution in [-0.4, -0.2) is 42.4 Å². The van der Waals surface area contributed by atoms with E-state index in [0.29, 0.717) is 11.1 Å². The molecule has 3 N–H and O–H groups in total. The first-order valence-electron chi connectivity index (χ1n) is 7.55. The molecule has 1 saturated heterocycles. The Morgan fingerprint density at radius 2 is 1.95 bits per heavy atom. The third-order valence-electron chi connectivity index (χ3n) is 3.87. The van der Waals surface area contributed by atoms with E-state index in [-0.39, 0.29) is 11.9 Å². The SMILES string of the molecule is CCCN(C(=O)c1cccc(C(N)=O)c1)C1CCNCC1. The molecular formula is C16H23N3O2. The molecule has 1 aromatic rings. The summed E-state index contributed by atoms with van der Waals surface area (Å²) in [6.45, 7) is 4.70. The molecule has 2 rings (SSSR count). The fourth-order valence-corrected chi connectivity index (χ4v) is 2.78. The van der Waals surface area contributed by atoms with Gasteiger partial charge >= 0.3 is 0 Å². The highest BCUT2D eigenvalue weighted by molar-refractivity contribution is 5.99. The van der Waals surface area contributed by atoms with Gasteiger partial charge in [0.15, 0.2) is 0 Å². The summed E-state index contributed by atoms with van der Waals surface area (Å²) in [5.74, 6) is -0.514. The first-order valence-corrected chi connectivity index (χ1v) is 7.55. The molecule has 0 saturated carbocycles. The van der Waals surface area contributed by atoms with Gasteiger partial charge in [0, 0.05) is 23.7 Å². The molecule has 21 heavy (non-hydrogen) atoms. The molecule has 1 aliphatic rings. The molecule has 0 aromatic heterocycles. The summed E-state index contributed by atoms with van der Waals surface area (Å²) in [4.78, 5) is 26.0. The molecule has 1 aliphatic heterocycles. The van der Waals surface area contributed by atoms with Gasteiger partial charge in [-0.3, -0.25) is 9.59 Å². The van der Waals surface area contributed by atoms with Crippen molar-refractivity contribution >= 4 is 11.8 Å². The van der Waals surface area contributed by atoms with Gasteiger partial charge in [-0.2, -0.15) is 0 Å². The molecule has 2 amide bonds. The minimum atomic E-state index is -0.506. The zero-order valence-corrected chi connectivity index (χ0v) is 12.5. The van der Waals surface area contributed by atoms with Crippen LogP contribution >= 0.6 is 0 Å². The number of carbonyl (C=O) groups excluding carboxylic acids is 2. The van der Waals surface area contributed by atoms with Gasteiger partial charge in [-0.15, -0.1) is 0 Å². The lowest BCUT2D eigenvalue weighted by atomic mass is 10.0. The van der Waals surface area contributed by atoms with Crippen molar-refractivity contribution in [2.24, 2.45) is 5.73 Å². The van der Waals surface area contributed by atoms with E-state index in [1.807, 2.05) is 4.90 Å². The molecule has 1 heterocycles. The van der Waals surface area contributed by atoms with Crippen LogP contribution in [0.1, 0.15) is 46.9 Å². The van der Waals surface area contributed by atoms with E-state index in [4.69, 9.17) is 5.73 Å². The van der Waals surface area contributed by atoms with Gasteiger partial charge in [0.05, 0.1) is 0 Å². The highest BCUT2D eigenvalue weighted by Crippen LogP contribution is 2.17. The Balaban J connectivity index is 2.20. The number of amides is 2. The Hall–Kier alpha value is -1.88. The summed E-state index contributed by atoms with van der Waals surface area (Å²) in [6, 6.07) is 6.96. The van der Waals surface area contributed by atoms with Gasteiger partial charge in [-0.25, -0.2) is 0 Å². The van der Waals surface area contributed by atoms with Crippen molar-refractivity contribution in [3.05, 3.63) is 35.4 Å². The summed E-state index contributed by atoms with van der Waals surface area (Å²) in [5.41, 5.74) is 6.21. The highest BCUT2D eigenvalue weighted by atomic mass is 16.2. The van der Waals surface area contributed by atoms with Gasteiger partial charge in [0.25, 0.3) is 5.91 Å². The average Bonchev–Trinajstić information content (AvgIpc) is 2.53. The summed E-state index contributed by atoms with van der Waals surface area (Å²) < 4.78 is 0. The number of rotatable bonds is 5. The predicted octanol–water partition coefficient (Wildman–Crippen LogP) is 1.39. The maximum absolute atomic E-state index is 12.8. The van der Waals surface area contributed by atoms with E-state index in [0.717, 1.165) is 38.9 Å². The van der Waals surface area contributed by atoms with Crippen LogP contribution in [0.5, 0.6) is 0 Å². The normalized spacial score (nSPS) is 15.7.